The molecule has 4 aromatic rings. The number of halogens is 2. The van der Waals surface area contributed by atoms with Crippen molar-refractivity contribution in [3.8, 4) is 5.69 Å². The topological polar surface area (TPSA) is 64.7 Å². The number of anilines is 1. The van der Waals surface area contributed by atoms with Crippen molar-refractivity contribution in [2.45, 2.75) is 32.0 Å². The maximum absolute atomic E-state index is 13.5. The third kappa shape index (κ3) is 4.32. The van der Waals surface area contributed by atoms with Crippen molar-refractivity contribution in [2.24, 2.45) is 0 Å². The summed E-state index contributed by atoms with van der Waals surface area (Å²) in [5.74, 6) is 0.123. The molecule has 0 fully saturated rings. The van der Waals surface area contributed by atoms with Crippen LogP contribution in [0.15, 0.2) is 59.8 Å². The molecule has 9 heteroatoms. The highest BCUT2D eigenvalue weighted by Crippen LogP contribution is 2.29. The van der Waals surface area contributed by atoms with E-state index in [2.05, 4.69) is 15.4 Å². The Kier molecular flexibility index (Phi) is 6.03. The van der Waals surface area contributed by atoms with E-state index in [0.717, 1.165) is 27.7 Å². The number of fused-ring (bicyclic) bond motifs is 1. The molecule has 0 bridgehead atoms. The Morgan fingerprint density at radius 3 is 2.55 bits per heavy atom. The van der Waals surface area contributed by atoms with Crippen molar-refractivity contribution in [2.75, 3.05) is 11.1 Å². The second-order valence-corrected chi connectivity index (χ2v) is 8.03. The van der Waals surface area contributed by atoms with Crippen LogP contribution in [0.5, 0.6) is 0 Å². The number of thioether (sulfide) groups is 1. The van der Waals surface area contributed by atoms with E-state index < -0.39 is 6.55 Å². The lowest BCUT2D eigenvalue weighted by Crippen LogP contribution is -2.13. The Morgan fingerprint density at radius 1 is 1.10 bits per heavy atom. The van der Waals surface area contributed by atoms with E-state index in [0.29, 0.717) is 28.2 Å². The van der Waals surface area contributed by atoms with E-state index in [1.54, 1.807) is 28.9 Å². The van der Waals surface area contributed by atoms with E-state index in [9.17, 15) is 13.6 Å². The van der Waals surface area contributed by atoms with Crippen LogP contribution in [0.1, 0.15) is 24.4 Å². The monoisotopic (exact) mass is 441 g/mol. The van der Waals surface area contributed by atoms with Crippen LogP contribution < -0.4 is 5.32 Å². The first-order chi connectivity index (χ1) is 15.0. The Balaban J connectivity index is 1.43. The summed E-state index contributed by atoms with van der Waals surface area (Å²) in [5, 5.41) is 7.63. The molecule has 4 rings (SSSR count). The number of imidazole rings is 1. The molecular weight excluding hydrogens is 420 g/mol. The summed E-state index contributed by atoms with van der Waals surface area (Å²) in [6, 6.07) is 16.4. The Bertz CT molecular complexity index is 1220. The number of hydrogen-bond donors (Lipinski definition) is 1. The molecule has 2 heterocycles. The number of carbonyl (C=O) groups excluding carboxylic acids is 1. The van der Waals surface area contributed by atoms with E-state index >= 15 is 0 Å². The van der Waals surface area contributed by atoms with Gasteiger partial charge in [0.05, 0.1) is 33.8 Å². The molecule has 2 aromatic carbocycles. The van der Waals surface area contributed by atoms with Gasteiger partial charge in [0.15, 0.2) is 5.16 Å². The zero-order valence-electron chi connectivity index (χ0n) is 17.0. The molecule has 0 saturated carbocycles. The van der Waals surface area contributed by atoms with Gasteiger partial charge in [-0.2, -0.15) is 13.9 Å². The molecule has 1 N–H and O–H groups in total. The van der Waals surface area contributed by atoms with E-state index in [1.807, 2.05) is 44.2 Å². The minimum absolute atomic E-state index is 0.159. The van der Waals surface area contributed by atoms with Gasteiger partial charge in [-0.15, -0.1) is 0 Å². The van der Waals surface area contributed by atoms with E-state index in [1.165, 1.54) is 0 Å². The van der Waals surface area contributed by atoms with Gasteiger partial charge in [-0.05, 0) is 38.1 Å². The number of aryl methyl sites for hydroxylation is 1. The molecule has 1 amide bonds. The van der Waals surface area contributed by atoms with E-state index in [-0.39, 0.29) is 17.5 Å². The predicted molar refractivity (Wildman–Crippen MR) is 118 cm³/mol. The summed E-state index contributed by atoms with van der Waals surface area (Å²) in [4.78, 5) is 16.8. The molecule has 0 radical (unpaired) electrons. The van der Waals surface area contributed by atoms with Crippen molar-refractivity contribution < 1.29 is 13.6 Å². The Morgan fingerprint density at radius 2 is 1.81 bits per heavy atom. The van der Waals surface area contributed by atoms with Crippen LogP contribution in [0.25, 0.3) is 16.7 Å². The highest BCUT2D eigenvalue weighted by Gasteiger charge is 2.19. The van der Waals surface area contributed by atoms with Crippen LogP contribution in [0.3, 0.4) is 0 Å². The summed E-state index contributed by atoms with van der Waals surface area (Å²) in [6.45, 7) is 1.03. The van der Waals surface area contributed by atoms with Gasteiger partial charge < -0.3 is 5.32 Å². The van der Waals surface area contributed by atoms with Gasteiger partial charge in [0.2, 0.25) is 5.91 Å². The normalized spacial score (nSPS) is 11.4. The third-order valence-electron chi connectivity index (χ3n) is 4.88. The molecule has 0 saturated heterocycles. The number of nitrogens with zero attached hydrogens (tertiary/aromatic N) is 4. The maximum atomic E-state index is 13.5. The van der Waals surface area contributed by atoms with Crippen LogP contribution in [0.2, 0.25) is 0 Å². The largest absolute Gasteiger partial charge is 0.323 e. The van der Waals surface area contributed by atoms with Gasteiger partial charge in [0.25, 0.3) is 0 Å². The minimum Gasteiger partial charge on any atom is -0.323 e. The highest BCUT2D eigenvalue weighted by atomic mass is 32.2. The van der Waals surface area contributed by atoms with Gasteiger partial charge >= 0.3 is 6.55 Å². The Labute approximate surface area is 182 Å². The number of alkyl halides is 2. The molecule has 2 aromatic heterocycles. The SMILES string of the molecule is Cc1nn(-c2ccccc2)c(C)c1NC(=O)CCSc1nc2ccccc2n1C(F)F. The molecular formula is C22H21F2N5OS. The standard InChI is InChI=1S/C22H21F2N5OS/c1-14-20(15(2)29(27-14)16-8-4-3-5-9-16)26-19(30)12-13-31-22-25-17-10-6-7-11-18(17)28(22)21(23)24/h3-11,21H,12-13H2,1-2H3,(H,26,30). The van der Waals surface area contributed by atoms with Crippen LogP contribution in [0.4, 0.5) is 14.5 Å². The summed E-state index contributed by atoms with van der Waals surface area (Å²) < 4.78 is 29.7. The molecule has 0 unspecified atom stereocenters. The lowest BCUT2D eigenvalue weighted by molar-refractivity contribution is -0.115. The predicted octanol–water partition coefficient (Wildman–Crippen LogP) is 5.35. The smallest absolute Gasteiger partial charge is 0.321 e. The molecule has 0 spiro atoms. The summed E-state index contributed by atoms with van der Waals surface area (Å²) in [7, 11) is 0. The highest BCUT2D eigenvalue weighted by molar-refractivity contribution is 7.99. The molecule has 6 nitrogen and oxygen atoms in total. The second-order valence-electron chi connectivity index (χ2n) is 6.97. The van der Waals surface area contributed by atoms with Gasteiger partial charge in [0, 0.05) is 12.2 Å². The molecule has 0 aliphatic rings. The number of aromatic nitrogens is 4. The zero-order chi connectivity index (χ0) is 22.0. The van der Waals surface area contributed by atoms with Crippen molar-refractivity contribution in [1.82, 2.24) is 19.3 Å². The number of nitrogens with one attached hydrogen (secondary N) is 1. The fourth-order valence-corrected chi connectivity index (χ4v) is 4.34. The third-order valence-corrected chi connectivity index (χ3v) is 5.83. The fraction of sp³-hybridized carbons (Fsp3) is 0.227. The summed E-state index contributed by atoms with van der Waals surface area (Å²) >= 11 is 1.14. The quantitative estimate of drug-likeness (QED) is 0.393. The van der Waals surface area contributed by atoms with Crippen LogP contribution >= 0.6 is 11.8 Å². The molecule has 31 heavy (non-hydrogen) atoms. The first-order valence-electron chi connectivity index (χ1n) is 9.75. The van der Waals surface area contributed by atoms with Crippen molar-refractivity contribution >= 4 is 34.4 Å². The van der Waals surface area contributed by atoms with Crippen molar-refractivity contribution in [1.29, 1.82) is 0 Å². The van der Waals surface area contributed by atoms with E-state index in [4.69, 9.17) is 0 Å². The molecule has 160 valence electrons. The number of carbonyl (C=O) groups is 1. The molecule has 0 atom stereocenters. The second kappa shape index (κ2) is 8.89. The number of benzene rings is 2. The van der Waals surface area contributed by atoms with Crippen LogP contribution in [-0.4, -0.2) is 31.0 Å². The lowest BCUT2D eigenvalue weighted by Gasteiger charge is -2.08. The minimum atomic E-state index is -2.70. The number of rotatable bonds is 7. The van der Waals surface area contributed by atoms with Gasteiger partial charge in [-0.3, -0.25) is 9.36 Å². The summed E-state index contributed by atoms with van der Waals surface area (Å²) in [6.07, 6.45) is 0.159. The van der Waals surface area contributed by atoms with Crippen LogP contribution in [-0.2, 0) is 4.79 Å². The first kappa shape index (κ1) is 21.0. The lowest BCUT2D eigenvalue weighted by atomic mass is 10.3. The van der Waals surface area contributed by atoms with Gasteiger partial charge in [-0.25, -0.2) is 9.67 Å². The van der Waals surface area contributed by atoms with Crippen molar-refractivity contribution in [3.63, 3.8) is 0 Å². The van der Waals surface area contributed by atoms with Gasteiger partial charge in [-0.1, -0.05) is 42.1 Å². The average molecular weight is 442 g/mol. The molecule has 0 aliphatic carbocycles. The number of amides is 1. The zero-order valence-corrected chi connectivity index (χ0v) is 17.9. The fourth-order valence-electron chi connectivity index (χ4n) is 3.39. The Hall–Kier alpha value is -3.20. The maximum Gasteiger partial charge on any atom is 0.321 e. The number of hydrogen-bond acceptors (Lipinski definition) is 4. The summed E-state index contributed by atoms with van der Waals surface area (Å²) in [5.41, 5.74) is 3.99. The first-order valence-corrected chi connectivity index (χ1v) is 10.7. The molecule has 0 aliphatic heterocycles. The van der Waals surface area contributed by atoms with Gasteiger partial charge in [0.1, 0.15) is 0 Å². The van der Waals surface area contributed by atoms with Crippen LogP contribution in [0, 0.1) is 13.8 Å². The average Bonchev–Trinajstić information content (AvgIpc) is 3.26. The van der Waals surface area contributed by atoms with Crippen molar-refractivity contribution in [3.05, 3.63) is 66.0 Å². The number of para-hydroxylation sites is 3.